The van der Waals surface area contributed by atoms with E-state index in [4.69, 9.17) is 4.74 Å². The van der Waals surface area contributed by atoms with Crippen LogP contribution in [0.4, 0.5) is 0 Å². The smallest absolute Gasteiger partial charge is 0.309 e. The van der Waals surface area contributed by atoms with Crippen molar-refractivity contribution < 1.29 is 9.53 Å². The summed E-state index contributed by atoms with van der Waals surface area (Å²) in [5.41, 5.74) is 0. The minimum absolute atomic E-state index is 0.0591. The molecule has 2 unspecified atom stereocenters. The van der Waals surface area contributed by atoms with E-state index in [0.29, 0.717) is 25.1 Å². The van der Waals surface area contributed by atoms with Gasteiger partial charge >= 0.3 is 5.97 Å². The lowest BCUT2D eigenvalue weighted by atomic mass is 10.1. The fraction of sp³-hybridized carbons (Fsp3) is 0.909. The molecule has 2 atom stereocenters. The first-order valence-corrected chi connectivity index (χ1v) is 5.39. The number of ether oxygens (including phenoxy) is 1. The molecule has 1 N–H and O–H groups in total. The summed E-state index contributed by atoms with van der Waals surface area (Å²) in [6.07, 6.45) is 0. The van der Waals surface area contributed by atoms with Crippen LogP contribution >= 0.6 is 0 Å². The number of rotatable bonds is 6. The number of nitrogens with one attached hydrogen (secondary N) is 1. The van der Waals surface area contributed by atoms with Crippen molar-refractivity contribution in [1.29, 1.82) is 0 Å². The zero-order valence-corrected chi connectivity index (χ0v) is 9.96. The zero-order chi connectivity index (χ0) is 11.1. The predicted molar refractivity (Wildman–Crippen MR) is 58.1 cm³/mol. The molecule has 0 saturated heterocycles. The van der Waals surface area contributed by atoms with E-state index >= 15 is 0 Å². The zero-order valence-electron chi connectivity index (χ0n) is 9.96. The van der Waals surface area contributed by atoms with Crippen molar-refractivity contribution in [3.05, 3.63) is 0 Å². The minimum Gasteiger partial charge on any atom is -0.466 e. The van der Waals surface area contributed by atoms with Crippen molar-refractivity contribution in [1.82, 2.24) is 5.32 Å². The van der Waals surface area contributed by atoms with Gasteiger partial charge in [0.25, 0.3) is 0 Å². The quantitative estimate of drug-likeness (QED) is 0.666. The van der Waals surface area contributed by atoms with Crippen LogP contribution in [0.3, 0.4) is 0 Å². The summed E-state index contributed by atoms with van der Waals surface area (Å²) in [6.45, 7) is 11.3. The second-order valence-corrected chi connectivity index (χ2v) is 4.09. The number of carbonyl (C=O) groups is 1. The van der Waals surface area contributed by atoms with Crippen molar-refractivity contribution in [3.63, 3.8) is 0 Å². The van der Waals surface area contributed by atoms with E-state index in [-0.39, 0.29) is 11.9 Å². The highest BCUT2D eigenvalue weighted by Gasteiger charge is 2.15. The first-order valence-electron chi connectivity index (χ1n) is 5.39. The van der Waals surface area contributed by atoms with E-state index in [9.17, 15) is 4.79 Å². The van der Waals surface area contributed by atoms with Crippen molar-refractivity contribution in [3.8, 4) is 0 Å². The third-order valence-corrected chi connectivity index (χ3v) is 2.43. The van der Waals surface area contributed by atoms with Crippen LogP contribution in [0.1, 0.15) is 34.6 Å². The van der Waals surface area contributed by atoms with Crippen LogP contribution in [0.25, 0.3) is 0 Å². The fourth-order valence-corrected chi connectivity index (χ4v) is 0.966. The van der Waals surface area contributed by atoms with Gasteiger partial charge in [-0.05, 0) is 19.8 Å². The van der Waals surface area contributed by atoms with Gasteiger partial charge < -0.3 is 10.1 Å². The van der Waals surface area contributed by atoms with Gasteiger partial charge in [0.15, 0.2) is 0 Å². The lowest BCUT2D eigenvalue weighted by Crippen LogP contribution is -2.36. The molecular weight excluding hydrogens is 178 g/mol. The summed E-state index contributed by atoms with van der Waals surface area (Å²) < 4.78 is 4.92. The molecule has 0 heterocycles. The average molecular weight is 201 g/mol. The monoisotopic (exact) mass is 201 g/mol. The number of hydrogen-bond acceptors (Lipinski definition) is 3. The van der Waals surface area contributed by atoms with Crippen LogP contribution < -0.4 is 5.32 Å². The highest BCUT2D eigenvalue weighted by Crippen LogP contribution is 2.02. The number of carbonyl (C=O) groups excluding carboxylic acids is 1. The van der Waals surface area contributed by atoms with Gasteiger partial charge in [0.2, 0.25) is 0 Å². The standard InChI is InChI=1S/C11H23NO2/c1-6-14-11(13)9(4)7-12-10(5)8(2)3/h8-10,12H,6-7H2,1-5H3. The topological polar surface area (TPSA) is 38.3 Å². The molecule has 0 amide bonds. The molecule has 0 aromatic rings. The molecule has 0 spiro atoms. The van der Waals surface area contributed by atoms with Gasteiger partial charge in [0, 0.05) is 12.6 Å². The molecule has 3 nitrogen and oxygen atoms in total. The van der Waals surface area contributed by atoms with Crippen LogP contribution in [0.5, 0.6) is 0 Å². The van der Waals surface area contributed by atoms with E-state index in [1.165, 1.54) is 0 Å². The summed E-state index contributed by atoms with van der Waals surface area (Å²) in [4.78, 5) is 11.3. The van der Waals surface area contributed by atoms with Gasteiger partial charge in [-0.1, -0.05) is 20.8 Å². The Hall–Kier alpha value is -0.570. The lowest BCUT2D eigenvalue weighted by Gasteiger charge is -2.19. The molecule has 14 heavy (non-hydrogen) atoms. The van der Waals surface area contributed by atoms with Crippen LogP contribution in [-0.2, 0) is 9.53 Å². The minimum atomic E-state index is -0.115. The van der Waals surface area contributed by atoms with Crippen molar-refractivity contribution in [2.24, 2.45) is 11.8 Å². The molecule has 0 aliphatic rings. The molecule has 0 aliphatic carbocycles. The maximum absolute atomic E-state index is 11.3. The van der Waals surface area contributed by atoms with Gasteiger partial charge in [0.1, 0.15) is 0 Å². The first-order chi connectivity index (χ1) is 6.49. The molecule has 0 aromatic carbocycles. The summed E-state index contributed by atoms with van der Waals surface area (Å²) in [7, 11) is 0. The molecule has 0 rings (SSSR count). The van der Waals surface area contributed by atoms with Gasteiger partial charge in [0.05, 0.1) is 12.5 Å². The highest BCUT2D eigenvalue weighted by atomic mass is 16.5. The van der Waals surface area contributed by atoms with Gasteiger partial charge in [-0.25, -0.2) is 0 Å². The molecule has 0 radical (unpaired) electrons. The Morgan fingerprint density at radius 1 is 1.29 bits per heavy atom. The number of hydrogen-bond donors (Lipinski definition) is 1. The summed E-state index contributed by atoms with van der Waals surface area (Å²) >= 11 is 0. The summed E-state index contributed by atoms with van der Waals surface area (Å²) in [5, 5.41) is 3.32. The fourth-order valence-electron chi connectivity index (χ4n) is 0.966. The second-order valence-electron chi connectivity index (χ2n) is 4.09. The molecule has 0 bridgehead atoms. The molecule has 0 saturated carbocycles. The normalized spacial score (nSPS) is 15.3. The van der Waals surface area contributed by atoms with Crippen molar-refractivity contribution in [2.75, 3.05) is 13.2 Å². The first kappa shape index (κ1) is 13.4. The summed E-state index contributed by atoms with van der Waals surface area (Å²) in [5.74, 6) is 0.413. The molecule has 3 heteroatoms. The Morgan fingerprint density at radius 2 is 1.86 bits per heavy atom. The molecule has 0 fully saturated rings. The largest absolute Gasteiger partial charge is 0.466 e. The Bertz CT molecular complexity index is 169. The Kier molecular flexibility index (Phi) is 6.54. The summed E-state index contributed by atoms with van der Waals surface area (Å²) in [6, 6.07) is 0.437. The third kappa shape index (κ3) is 5.22. The van der Waals surface area contributed by atoms with Crippen molar-refractivity contribution in [2.45, 2.75) is 40.7 Å². The SMILES string of the molecule is CCOC(=O)C(C)CNC(C)C(C)C. The van der Waals surface area contributed by atoms with Crippen LogP contribution in [0.2, 0.25) is 0 Å². The van der Waals surface area contributed by atoms with Crippen LogP contribution in [-0.4, -0.2) is 25.2 Å². The maximum Gasteiger partial charge on any atom is 0.309 e. The maximum atomic E-state index is 11.3. The Morgan fingerprint density at radius 3 is 2.29 bits per heavy atom. The third-order valence-electron chi connectivity index (χ3n) is 2.43. The van der Waals surface area contributed by atoms with Crippen LogP contribution in [0.15, 0.2) is 0 Å². The van der Waals surface area contributed by atoms with E-state index in [1.807, 2.05) is 13.8 Å². The predicted octanol–water partition coefficient (Wildman–Crippen LogP) is 1.82. The molecular formula is C11H23NO2. The Balaban J connectivity index is 3.72. The highest BCUT2D eigenvalue weighted by molar-refractivity contribution is 5.72. The van der Waals surface area contributed by atoms with E-state index in [0.717, 1.165) is 0 Å². The number of esters is 1. The van der Waals surface area contributed by atoms with E-state index in [1.54, 1.807) is 0 Å². The average Bonchev–Trinajstić information content (AvgIpc) is 2.13. The van der Waals surface area contributed by atoms with Crippen molar-refractivity contribution >= 4 is 5.97 Å². The van der Waals surface area contributed by atoms with Gasteiger partial charge in [-0.3, -0.25) is 4.79 Å². The second kappa shape index (κ2) is 6.82. The van der Waals surface area contributed by atoms with Gasteiger partial charge in [-0.2, -0.15) is 0 Å². The van der Waals surface area contributed by atoms with E-state index in [2.05, 4.69) is 26.1 Å². The molecule has 0 aliphatic heterocycles. The van der Waals surface area contributed by atoms with Gasteiger partial charge in [-0.15, -0.1) is 0 Å². The molecule has 0 aromatic heterocycles. The lowest BCUT2D eigenvalue weighted by molar-refractivity contribution is -0.147. The Labute approximate surface area is 87.2 Å². The molecule has 84 valence electrons. The van der Waals surface area contributed by atoms with E-state index < -0.39 is 0 Å². The van der Waals surface area contributed by atoms with Crippen LogP contribution in [0, 0.1) is 11.8 Å².